The Kier molecular flexibility index (Phi) is 7.31. The van der Waals surface area contributed by atoms with Crippen LogP contribution >= 0.6 is 11.3 Å². The fourth-order valence-corrected chi connectivity index (χ4v) is 5.52. The molecule has 0 spiro atoms. The average molecular weight is 426 g/mol. The molecule has 0 saturated carbocycles. The first-order chi connectivity index (χ1) is 14.8. The summed E-state index contributed by atoms with van der Waals surface area (Å²) in [5, 5.41) is 4.53. The van der Waals surface area contributed by atoms with Crippen LogP contribution in [0.4, 0.5) is 0 Å². The fraction of sp³-hybridized carbons (Fsp3) is 0.500. The second-order valence-electron chi connectivity index (χ2n) is 7.96. The predicted molar refractivity (Wildman–Crippen MR) is 124 cm³/mol. The normalized spacial score (nSPS) is 16.1. The quantitative estimate of drug-likeness (QED) is 0.500. The number of ether oxygens (including phenoxy) is 1. The fourth-order valence-electron chi connectivity index (χ4n) is 4.26. The van der Waals surface area contributed by atoms with Crippen LogP contribution < -0.4 is 10.9 Å². The van der Waals surface area contributed by atoms with Gasteiger partial charge in [-0.05, 0) is 63.1 Å². The van der Waals surface area contributed by atoms with Crippen LogP contribution in [0.2, 0.25) is 0 Å². The number of rotatable bonds is 10. The second kappa shape index (κ2) is 10.3. The lowest BCUT2D eigenvalue weighted by Gasteiger charge is -2.23. The summed E-state index contributed by atoms with van der Waals surface area (Å²) in [6, 6.07) is 10.9. The minimum Gasteiger partial charge on any atom is -0.382 e. The van der Waals surface area contributed by atoms with Crippen molar-refractivity contribution >= 4 is 21.6 Å². The van der Waals surface area contributed by atoms with Gasteiger partial charge in [0.25, 0.3) is 5.56 Å². The van der Waals surface area contributed by atoms with Gasteiger partial charge < -0.3 is 10.1 Å². The van der Waals surface area contributed by atoms with Gasteiger partial charge in [-0.2, -0.15) is 0 Å². The first-order valence-corrected chi connectivity index (χ1v) is 11.9. The van der Waals surface area contributed by atoms with Crippen molar-refractivity contribution in [3.8, 4) is 0 Å². The molecule has 4 rings (SSSR count). The molecule has 0 radical (unpaired) electrons. The third-order valence-corrected chi connectivity index (χ3v) is 7.01. The van der Waals surface area contributed by atoms with E-state index in [4.69, 9.17) is 4.74 Å². The Morgan fingerprint density at radius 1 is 1.27 bits per heavy atom. The Labute approximate surface area is 182 Å². The van der Waals surface area contributed by atoms with Crippen molar-refractivity contribution in [1.29, 1.82) is 0 Å². The standard InChI is InChI=1S/C24H31N3O2S/c1-2-29-15-7-13-25-19-11-12-20-21(16-19)30-23-22(20)24(28)27(17-26-23)14-6-10-18-8-4-3-5-9-18/h3-5,8-9,17,19,25H,2,6-7,10-16H2,1H3. The molecule has 0 aliphatic heterocycles. The third kappa shape index (κ3) is 4.99. The van der Waals surface area contributed by atoms with Gasteiger partial charge in [0.05, 0.1) is 11.7 Å². The van der Waals surface area contributed by atoms with E-state index in [9.17, 15) is 4.79 Å². The Hall–Kier alpha value is -2.02. The Balaban J connectivity index is 1.40. The lowest BCUT2D eigenvalue weighted by atomic mass is 9.93. The highest BCUT2D eigenvalue weighted by atomic mass is 32.1. The van der Waals surface area contributed by atoms with Crippen LogP contribution in [0.3, 0.4) is 0 Å². The van der Waals surface area contributed by atoms with Crippen LogP contribution in [0.5, 0.6) is 0 Å². The summed E-state index contributed by atoms with van der Waals surface area (Å²) in [5.74, 6) is 0. The molecule has 1 atom stereocenters. The lowest BCUT2D eigenvalue weighted by Crippen LogP contribution is -2.35. The highest BCUT2D eigenvalue weighted by Gasteiger charge is 2.24. The molecule has 0 fully saturated rings. The molecule has 1 aliphatic carbocycles. The summed E-state index contributed by atoms with van der Waals surface area (Å²) >= 11 is 1.71. The zero-order valence-corrected chi connectivity index (χ0v) is 18.5. The molecule has 5 nitrogen and oxygen atoms in total. The number of nitrogens with one attached hydrogen (secondary N) is 1. The van der Waals surface area contributed by atoms with Crippen LogP contribution in [0.25, 0.3) is 10.2 Å². The summed E-state index contributed by atoms with van der Waals surface area (Å²) in [6.07, 6.45) is 7.73. The van der Waals surface area contributed by atoms with Gasteiger partial charge in [0.2, 0.25) is 0 Å². The number of nitrogens with zero attached hydrogens (tertiary/aromatic N) is 2. The molecule has 1 aromatic carbocycles. The maximum atomic E-state index is 13.2. The van der Waals surface area contributed by atoms with Gasteiger partial charge in [0.1, 0.15) is 4.83 Å². The lowest BCUT2D eigenvalue weighted by molar-refractivity contribution is 0.144. The SMILES string of the molecule is CCOCCCNC1CCc2c(sc3ncn(CCCc4ccccc4)c(=O)c23)C1. The maximum absolute atomic E-state index is 13.2. The molecule has 160 valence electrons. The van der Waals surface area contributed by atoms with Crippen molar-refractivity contribution < 1.29 is 4.74 Å². The molecule has 1 N–H and O–H groups in total. The van der Waals surface area contributed by atoms with Gasteiger partial charge in [-0.1, -0.05) is 30.3 Å². The topological polar surface area (TPSA) is 56.1 Å². The number of benzene rings is 1. The molecule has 0 saturated heterocycles. The van der Waals surface area contributed by atoms with Crippen molar-refractivity contribution in [3.05, 3.63) is 63.0 Å². The largest absolute Gasteiger partial charge is 0.382 e. The maximum Gasteiger partial charge on any atom is 0.262 e. The van der Waals surface area contributed by atoms with Crippen LogP contribution in [0.1, 0.15) is 42.2 Å². The Bertz CT molecular complexity index is 1010. The summed E-state index contributed by atoms with van der Waals surface area (Å²) in [6.45, 7) is 5.33. The number of fused-ring (bicyclic) bond motifs is 3. The van der Waals surface area contributed by atoms with E-state index in [0.29, 0.717) is 12.6 Å². The molecule has 30 heavy (non-hydrogen) atoms. The monoisotopic (exact) mass is 425 g/mol. The zero-order chi connectivity index (χ0) is 20.8. The highest BCUT2D eigenvalue weighted by Crippen LogP contribution is 2.33. The minimum atomic E-state index is 0.133. The number of hydrogen-bond donors (Lipinski definition) is 1. The van der Waals surface area contributed by atoms with Crippen molar-refractivity contribution in [3.63, 3.8) is 0 Å². The predicted octanol–water partition coefficient (Wildman–Crippen LogP) is 3.96. The van der Waals surface area contributed by atoms with E-state index < -0.39 is 0 Å². The molecular weight excluding hydrogens is 394 g/mol. The summed E-state index contributed by atoms with van der Waals surface area (Å²) in [5.41, 5.74) is 2.69. The number of aryl methyl sites for hydroxylation is 3. The summed E-state index contributed by atoms with van der Waals surface area (Å²) in [4.78, 5) is 20.0. The van der Waals surface area contributed by atoms with E-state index in [1.54, 1.807) is 22.2 Å². The second-order valence-corrected chi connectivity index (χ2v) is 9.04. The van der Waals surface area contributed by atoms with Gasteiger partial charge in [-0.3, -0.25) is 9.36 Å². The van der Waals surface area contributed by atoms with Crippen molar-refractivity contribution in [2.24, 2.45) is 0 Å². The van der Waals surface area contributed by atoms with Crippen molar-refractivity contribution in [1.82, 2.24) is 14.9 Å². The molecule has 6 heteroatoms. The van der Waals surface area contributed by atoms with Crippen LogP contribution in [0.15, 0.2) is 41.5 Å². The van der Waals surface area contributed by atoms with E-state index in [0.717, 1.165) is 68.5 Å². The van der Waals surface area contributed by atoms with E-state index in [1.807, 2.05) is 13.0 Å². The van der Waals surface area contributed by atoms with Gasteiger partial charge in [-0.15, -0.1) is 11.3 Å². The Morgan fingerprint density at radius 3 is 2.97 bits per heavy atom. The average Bonchev–Trinajstić information content (AvgIpc) is 3.14. The van der Waals surface area contributed by atoms with Gasteiger partial charge in [0, 0.05) is 30.7 Å². The summed E-state index contributed by atoms with van der Waals surface area (Å²) in [7, 11) is 0. The third-order valence-electron chi connectivity index (χ3n) is 5.85. The van der Waals surface area contributed by atoms with Gasteiger partial charge in [-0.25, -0.2) is 4.98 Å². The van der Waals surface area contributed by atoms with E-state index >= 15 is 0 Å². The van der Waals surface area contributed by atoms with Crippen LogP contribution in [0, 0.1) is 0 Å². The minimum absolute atomic E-state index is 0.133. The molecular formula is C24H31N3O2S. The molecule has 1 aliphatic rings. The molecule has 3 aromatic rings. The number of hydrogen-bond acceptors (Lipinski definition) is 5. The number of aromatic nitrogens is 2. The van der Waals surface area contributed by atoms with Gasteiger partial charge in [0.15, 0.2) is 0 Å². The van der Waals surface area contributed by atoms with Crippen molar-refractivity contribution in [2.75, 3.05) is 19.8 Å². The van der Waals surface area contributed by atoms with Crippen LogP contribution in [-0.2, 0) is 30.5 Å². The molecule has 0 amide bonds. The molecule has 1 unspecified atom stereocenters. The molecule has 2 heterocycles. The van der Waals surface area contributed by atoms with E-state index in [2.05, 4.69) is 34.6 Å². The Morgan fingerprint density at radius 2 is 2.13 bits per heavy atom. The van der Waals surface area contributed by atoms with Gasteiger partial charge >= 0.3 is 0 Å². The van der Waals surface area contributed by atoms with Crippen LogP contribution in [-0.4, -0.2) is 35.4 Å². The number of thiophene rings is 1. The van der Waals surface area contributed by atoms with Crippen molar-refractivity contribution in [2.45, 2.75) is 58.0 Å². The molecule has 2 aromatic heterocycles. The first kappa shape index (κ1) is 21.2. The highest BCUT2D eigenvalue weighted by molar-refractivity contribution is 7.18. The molecule has 0 bridgehead atoms. The van der Waals surface area contributed by atoms with E-state index in [-0.39, 0.29) is 5.56 Å². The summed E-state index contributed by atoms with van der Waals surface area (Å²) < 4.78 is 7.22. The first-order valence-electron chi connectivity index (χ1n) is 11.1. The van der Waals surface area contributed by atoms with E-state index in [1.165, 1.54) is 16.0 Å². The zero-order valence-electron chi connectivity index (χ0n) is 17.7. The smallest absolute Gasteiger partial charge is 0.262 e.